The number of benzene rings is 2. The molecule has 4 heteroatoms. The van der Waals surface area contributed by atoms with E-state index in [9.17, 15) is 17.6 Å². The van der Waals surface area contributed by atoms with Gasteiger partial charge in [-0.3, -0.25) is 0 Å². The predicted octanol–water partition coefficient (Wildman–Crippen LogP) is 7.29. The molecule has 2 aromatic rings. The molecule has 0 nitrogen and oxygen atoms in total. The zero-order chi connectivity index (χ0) is 18.8. The van der Waals surface area contributed by atoms with Gasteiger partial charge in [-0.15, -0.1) is 0 Å². The first-order chi connectivity index (χ1) is 12.4. The van der Waals surface area contributed by atoms with Gasteiger partial charge < -0.3 is 0 Å². The van der Waals surface area contributed by atoms with Crippen molar-refractivity contribution in [2.24, 2.45) is 5.92 Å². The monoisotopic (exact) mass is 364 g/mol. The van der Waals surface area contributed by atoms with E-state index < -0.39 is 28.8 Å². The van der Waals surface area contributed by atoms with E-state index in [-0.39, 0.29) is 11.1 Å². The van der Waals surface area contributed by atoms with Crippen molar-refractivity contribution in [3.63, 3.8) is 0 Å². The summed E-state index contributed by atoms with van der Waals surface area (Å²) in [5.41, 5.74) is 0.00630. The molecule has 0 bridgehead atoms. The highest BCUT2D eigenvalue weighted by molar-refractivity contribution is 5.66. The summed E-state index contributed by atoms with van der Waals surface area (Å²) in [6, 6.07) is 5.46. The van der Waals surface area contributed by atoms with E-state index in [1.807, 2.05) is 0 Å². The van der Waals surface area contributed by atoms with Gasteiger partial charge in [-0.1, -0.05) is 31.9 Å². The summed E-state index contributed by atoms with van der Waals surface area (Å²) < 4.78 is 56.4. The first kappa shape index (κ1) is 18.9. The zero-order valence-corrected chi connectivity index (χ0v) is 15.2. The van der Waals surface area contributed by atoms with Crippen LogP contribution in [0.4, 0.5) is 17.6 Å². The van der Waals surface area contributed by atoms with Crippen LogP contribution in [0.2, 0.25) is 0 Å². The first-order valence-corrected chi connectivity index (χ1v) is 9.36. The van der Waals surface area contributed by atoms with Gasteiger partial charge in [0.05, 0.1) is 0 Å². The highest BCUT2D eigenvalue weighted by Crippen LogP contribution is 2.39. The van der Waals surface area contributed by atoms with E-state index in [1.165, 1.54) is 25.0 Å². The Balaban J connectivity index is 1.85. The van der Waals surface area contributed by atoms with Crippen LogP contribution in [0.5, 0.6) is 0 Å². The molecule has 140 valence electrons. The Morgan fingerprint density at radius 1 is 0.846 bits per heavy atom. The molecular formula is C22H24F4. The molecule has 0 amide bonds. The van der Waals surface area contributed by atoms with E-state index in [4.69, 9.17) is 0 Å². The van der Waals surface area contributed by atoms with Crippen molar-refractivity contribution in [2.45, 2.75) is 58.3 Å². The molecule has 0 unspecified atom stereocenters. The summed E-state index contributed by atoms with van der Waals surface area (Å²) in [6.07, 6.45) is 6.75. The number of halogens is 4. The topological polar surface area (TPSA) is 0 Å². The maximum absolute atomic E-state index is 14.6. The van der Waals surface area contributed by atoms with Crippen LogP contribution >= 0.6 is 0 Å². The van der Waals surface area contributed by atoms with Crippen LogP contribution in [0, 0.1) is 36.1 Å². The van der Waals surface area contributed by atoms with Crippen molar-refractivity contribution >= 4 is 0 Å². The normalized spacial score (nSPS) is 20.4. The van der Waals surface area contributed by atoms with Gasteiger partial charge >= 0.3 is 0 Å². The van der Waals surface area contributed by atoms with Gasteiger partial charge in [-0.25, -0.2) is 17.6 Å². The Bertz CT molecular complexity index is 789. The highest BCUT2D eigenvalue weighted by Gasteiger charge is 2.24. The molecule has 2 aromatic carbocycles. The molecule has 0 aliphatic heterocycles. The van der Waals surface area contributed by atoms with Gasteiger partial charge in [0.2, 0.25) is 0 Å². The Hall–Kier alpha value is -1.84. The summed E-state index contributed by atoms with van der Waals surface area (Å²) in [5.74, 6) is -2.94. The van der Waals surface area contributed by atoms with Gasteiger partial charge in [0.25, 0.3) is 0 Å². The molecule has 26 heavy (non-hydrogen) atoms. The average Bonchev–Trinajstić information content (AvgIpc) is 2.64. The summed E-state index contributed by atoms with van der Waals surface area (Å²) in [5, 5.41) is 0. The molecule has 1 fully saturated rings. The van der Waals surface area contributed by atoms with E-state index >= 15 is 0 Å². The first-order valence-electron chi connectivity index (χ1n) is 9.36. The lowest BCUT2D eigenvalue weighted by Crippen LogP contribution is -2.13. The molecule has 0 aromatic heterocycles. The lowest BCUT2D eigenvalue weighted by Gasteiger charge is -2.28. The van der Waals surface area contributed by atoms with E-state index in [0.717, 1.165) is 50.2 Å². The number of rotatable bonds is 4. The lowest BCUT2D eigenvalue weighted by atomic mass is 9.77. The maximum Gasteiger partial charge on any atom is 0.167 e. The van der Waals surface area contributed by atoms with Crippen LogP contribution in [-0.4, -0.2) is 0 Å². The third-order valence-electron chi connectivity index (χ3n) is 5.69. The van der Waals surface area contributed by atoms with Gasteiger partial charge in [0.15, 0.2) is 11.6 Å². The fraction of sp³-hybridized carbons (Fsp3) is 0.455. The zero-order valence-electron chi connectivity index (χ0n) is 15.2. The van der Waals surface area contributed by atoms with E-state index in [2.05, 4.69) is 6.92 Å². The minimum Gasteiger partial charge on any atom is -0.207 e. The highest BCUT2D eigenvalue weighted by atomic mass is 19.2. The van der Waals surface area contributed by atoms with Crippen LogP contribution in [-0.2, 0) is 0 Å². The van der Waals surface area contributed by atoms with Crippen molar-refractivity contribution in [3.05, 3.63) is 58.7 Å². The maximum atomic E-state index is 14.6. The third-order valence-corrected chi connectivity index (χ3v) is 5.69. The molecule has 0 radical (unpaired) electrons. The summed E-state index contributed by atoms with van der Waals surface area (Å²) in [7, 11) is 0. The molecule has 0 heterocycles. The molecule has 0 N–H and O–H groups in total. The van der Waals surface area contributed by atoms with Crippen molar-refractivity contribution in [2.75, 3.05) is 0 Å². The van der Waals surface area contributed by atoms with Crippen LogP contribution < -0.4 is 0 Å². The molecule has 0 spiro atoms. The summed E-state index contributed by atoms with van der Waals surface area (Å²) in [4.78, 5) is 0. The number of hydrogen-bond acceptors (Lipinski definition) is 0. The van der Waals surface area contributed by atoms with Gasteiger partial charge in [0.1, 0.15) is 11.6 Å². The van der Waals surface area contributed by atoms with Gasteiger partial charge in [0, 0.05) is 16.7 Å². The average molecular weight is 364 g/mol. The fourth-order valence-corrected chi connectivity index (χ4v) is 4.08. The minimum atomic E-state index is -1.27. The molecule has 0 atom stereocenters. The van der Waals surface area contributed by atoms with Gasteiger partial charge in [-0.05, 0) is 62.1 Å². The summed E-state index contributed by atoms with van der Waals surface area (Å²) >= 11 is 0. The third kappa shape index (κ3) is 3.65. The smallest absolute Gasteiger partial charge is 0.167 e. The van der Waals surface area contributed by atoms with Gasteiger partial charge in [-0.2, -0.15) is 0 Å². The van der Waals surface area contributed by atoms with Crippen LogP contribution in [0.3, 0.4) is 0 Å². The van der Waals surface area contributed by atoms with Crippen LogP contribution in [0.1, 0.15) is 62.5 Å². The molecule has 1 aliphatic carbocycles. The van der Waals surface area contributed by atoms with E-state index in [0.29, 0.717) is 5.92 Å². The second-order valence-corrected chi connectivity index (χ2v) is 7.40. The standard InChI is InChI=1S/C22H24F4/c1-3-4-14-5-7-15(8-6-14)16-9-10-17(20(24)11-16)18-12-19(23)13(2)21(25)22(18)26/h9-12,14-15H,3-8H2,1-2H3. The van der Waals surface area contributed by atoms with Crippen molar-refractivity contribution in [3.8, 4) is 11.1 Å². The molecule has 1 saturated carbocycles. The molecule has 0 saturated heterocycles. The Morgan fingerprint density at radius 3 is 2.15 bits per heavy atom. The van der Waals surface area contributed by atoms with Crippen LogP contribution in [0.15, 0.2) is 24.3 Å². The second kappa shape index (κ2) is 7.81. The minimum absolute atomic E-state index is 0.108. The SMILES string of the molecule is CCCC1CCC(c2ccc(-c3cc(F)c(C)c(F)c3F)c(F)c2)CC1. The molecular weight excluding hydrogens is 340 g/mol. The molecule has 3 rings (SSSR count). The van der Waals surface area contributed by atoms with Crippen LogP contribution in [0.25, 0.3) is 11.1 Å². The van der Waals surface area contributed by atoms with E-state index in [1.54, 1.807) is 6.07 Å². The Kier molecular flexibility index (Phi) is 5.69. The lowest BCUT2D eigenvalue weighted by molar-refractivity contribution is 0.308. The largest absolute Gasteiger partial charge is 0.207 e. The van der Waals surface area contributed by atoms with Crippen molar-refractivity contribution in [1.82, 2.24) is 0 Å². The predicted molar refractivity (Wildman–Crippen MR) is 96.1 cm³/mol. The van der Waals surface area contributed by atoms with Crippen molar-refractivity contribution in [1.29, 1.82) is 0 Å². The van der Waals surface area contributed by atoms with Crippen molar-refractivity contribution < 1.29 is 17.6 Å². The second-order valence-electron chi connectivity index (χ2n) is 7.40. The Labute approximate surface area is 152 Å². The molecule has 1 aliphatic rings. The quantitative estimate of drug-likeness (QED) is 0.395. The summed E-state index contributed by atoms with van der Waals surface area (Å²) in [6.45, 7) is 3.35. The number of hydrogen-bond donors (Lipinski definition) is 0. The Morgan fingerprint density at radius 2 is 1.54 bits per heavy atom. The fourth-order valence-electron chi connectivity index (χ4n) is 4.08.